The number of carbonyl (C=O) groups is 1. The molecule has 1 aromatic heterocycles. The topological polar surface area (TPSA) is 56.1 Å². The Morgan fingerprint density at radius 2 is 1.84 bits per heavy atom. The van der Waals surface area contributed by atoms with Gasteiger partial charge in [0.25, 0.3) is 0 Å². The molecule has 166 valence electrons. The minimum atomic E-state index is -0.379. The fraction of sp³-hybridized carbons (Fsp3) is 0.462. The molecule has 0 bridgehead atoms. The van der Waals surface area contributed by atoms with Gasteiger partial charge in [0.15, 0.2) is 0 Å². The van der Waals surface area contributed by atoms with Gasteiger partial charge in [-0.15, -0.1) is 0 Å². The predicted octanol–water partition coefficient (Wildman–Crippen LogP) is 5.22. The molecule has 0 fully saturated rings. The summed E-state index contributed by atoms with van der Waals surface area (Å²) >= 11 is 0. The Morgan fingerprint density at radius 3 is 2.61 bits per heavy atom. The van der Waals surface area contributed by atoms with Gasteiger partial charge in [0.1, 0.15) is 11.6 Å². The predicted molar refractivity (Wildman–Crippen MR) is 127 cm³/mol. The number of ether oxygens (including phenoxy) is 1. The summed E-state index contributed by atoms with van der Waals surface area (Å²) in [6.45, 7) is 12.2. The average molecular weight is 422 g/mol. The van der Waals surface area contributed by atoms with E-state index in [9.17, 15) is 4.79 Å². The standard InChI is InChI=1S/C26H35N3O2/c1-19-11-10-14-23(20(19)2)31-18-9-8-17-29-22-13-7-6-12-21(22)28-24(29)15-16-27-25(30)26(3,4)5/h6-7,10-14H,8-9,15-18H2,1-5H3,(H,27,30). The normalized spacial score (nSPS) is 11.6. The van der Waals surface area contributed by atoms with Gasteiger partial charge >= 0.3 is 0 Å². The molecule has 31 heavy (non-hydrogen) atoms. The zero-order chi connectivity index (χ0) is 22.4. The summed E-state index contributed by atoms with van der Waals surface area (Å²) in [6.07, 6.45) is 2.70. The molecule has 0 radical (unpaired) electrons. The van der Waals surface area contributed by atoms with E-state index in [0.717, 1.165) is 48.4 Å². The lowest BCUT2D eigenvalue weighted by atomic mass is 9.96. The van der Waals surface area contributed by atoms with E-state index in [2.05, 4.69) is 41.9 Å². The van der Waals surface area contributed by atoms with Crippen molar-refractivity contribution in [2.24, 2.45) is 5.41 Å². The van der Waals surface area contributed by atoms with Crippen molar-refractivity contribution in [2.75, 3.05) is 13.2 Å². The number of rotatable bonds is 9. The van der Waals surface area contributed by atoms with Gasteiger partial charge in [-0.25, -0.2) is 4.98 Å². The second-order valence-corrected chi connectivity index (χ2v) is 9.18. The molecular formula is C26H35N3O2. The Morgan fingerprint density at radius 1 is 1.06 bits per heavy atom. The minimum absolute atomic E-state index is 0.0683. The van der Waals surface area contributed by atoms with Gasteiger partial charge in [0.05, 0.1) is 17.6 Å². The van der Waals surface area contributed by atoms with Crippen LogP contribution in [0.2, 0.25) is 0 Å². The maximum Gasteiger partial charge on any atom is 0.225 e. The summed E-state index contributed by atoms with van der Waals surface area (Å²) in [5.41, 5.74) is 4.24. The van der Waals surface area contributed by atoms with Crippen molar-refractivity contribution in [1.29, 1.82) is 0 Å². The van der Waals surface area contributed by atoms with Crippen molar-refractivity contribution in [2.45, 2.75) is 60.4 Å². The van der Waals surface area contributed by atoms with Gasteiger partial charge in [0, 0.05) is 24.9 Å². The van der Waals surface area contributed by atoms with Gasteiger partial charge in [0.2, 0.25) is 5.91 Å². The third kappa shape index (κ3) is 5.87. The van der Waals surface area contributed by atoms with E-state index in [-0.39, 0.29) is 11.3 Å². The molecule has 5 heteroatoms. The molecule has 0 aliphatic carbocycles. The second-order valence-electron chi connectivity index (χ2n) is 9.18. The van der Waals surface area contributed by atoms with E-state index in [1.807, 2.05) is 45.0 Å². The van der Waals surface area contributed by atoms with Crippen LogP contribution in [0.25, 0.3) is 11.0 Å². The number of carbonyl (C=O) groups excluding carboxylic acids is 1. The van der Waals surface area contributed by atoms with Crippen LogP contribution >= 0.6 is 0 Å². The van der Waals surface area contributed by atoms with Crippen LogP contribution in [0.4, 0.5) is 0 Å². The van der Waals surface area contributed by atoms with E-state index in [4.69, 9.17) is 9.72 Å². The fourth-order valence-corrected chi connectivity index (χ4v) is 3.55. The molecule has 0 atom stereocenters. The van der Waals surface area contributed by atoms with Gasteiger partial charge in [-0.2, -0.15) is 0 Å². The molecule has 0 aliphatic heterocycles. The Labute approximate surface area is 185 Å². The molecule has 0 unspecified atom stereocenters. The number of unbranched alkanes of at least 4 members (excludes halogenated alkanes) is 1. The van der Waals surface area contributed by atoms with Crippen LogP contribution in [0.5, 0.6) is 5.75 Å². The molecule has 1 amide bonds. The first-order valence-corrected chi connectivity index (χ1v) is 11.2. The Hall–Kier alpha value is -2.82. The Kier molecular flexibility index (Phi) is 7.37. The molecule has 3 rings (SSSR count). The minimum Gasteiger partial charge on any atom is -0.493 e. The van der Waals surface area contributed by atoms with Gasteiger partial charge in [-0.05, 0) is 56.0 Å². The molecule has 2 aromatic carbocycles. The maximum absolute atomic E-state index is 12.2. The average Bonchev–Trinajstić information content (AvgIpc) is 3.07. The monoisotopic (exact) mass is 421 g/mol. The summed E-state index contributed by atoms with van der Waals surface area (Å²) in [6, 6.07) is 14.4. The van der Waals surface area contributed by atoms with E-state index in [1.165, 1.54) is 11.1 Å². The number of imidazole rings is 1. The van der Waals surface area contributed by atoms with Crippen molar-refractivity contribution in [3.8, 4) is 5.75 Å². The summed E-state index contributed by atoms with van der Waals surface area (Å²) in [5, 5.41) is 3.03. The van der Waals surface area contributed by atoms with Crippen LogP contribution in [0.3, 0.4) is 0 Å². The van der Waals surface area contributed by atoms with Crippen molar-refractivity contribution in [3.05, 3.63) is 59.4 Å². The highest BCUT2D eigenvalue weighted by molar-refractivity contribution is 5.81. The number of amides is 1. The van der Waals surface area contributed by atoms with Crippen molar-refractivity contribution < 1.29 is 9.53 Å². The first kappa shape index (κ1) is 22.9. The summed E-state index contributed by atoms with van der Waals surface area (Å²) in [7, 11) is 0. The first-order chi connectivity index (χ1) is 14.8. The van der Waals surface area contributed by atoms with Gasteiger partial charge < -0.3 is 14.6 Å². The molecule has 0 spiro atoms. The quantitative estimate of drug-likeness (QED) is 0.482. The van der Waals surface area contributed by atoms with Crippen LogP contribution in [-0.4, -0.2) is 28.6 Å². The van der Waals surface area contributed by atoms with E-state index in [0.29, 0.717) is 13.2 Å². The van der Waals surface area contributed by atoms with Crippen molar-refractivity contribution >= 4 is 16.9 Å². The largest absolute Gasteiger partial charge is 0.493 e. The Bertz CT molecular complexity index is 1030. The third-order valence-electron chi connectivity index (χ3n) is 5.64. The SMILES string of the molecule is Cc1cccc(OCCCCn2c(CCNC(=O)C(C)(C)C)nc3ccccc32)c1C. The van der Waals surface area contributed by atoms with E-state index < -0.39 is 0 Å². The number of nitrogens with one attached hydrogen (secondary N) is 1. The molecule has 1 N–H and O–H groups in total. The summed E-state index contributed by atoms with van der Waals surface area (Å²) in [4.78, 5) is 17.0. The molecule has 0 aliphatic rings. The number of aromatic nitrogens is 2. The van der Waals surface area contributed by atoms with Crippen LogP contribution in [0, 0.1) is 19.3 Å². The van der Waals surface area contributed by atoms with E-state index >= 15 is 0 Å². The highest BCUT2D eigenvalue weighted by atomic mass is 16.5. The lowest BCUT2D eigenvalue weighted by Crippen LogP contribution is -2.36. The first-order valence-electron chi connectivity index (χ1n) is 11.2. The van der Waals surface area contributed by atoms with Crippen LogP contribution in [-0.2, 0) is 17.8 Å². The number of aryl methyl sites for hydroxylation is 2. The third-order valence-corrected chi connectivity index (χ3v) is 5.64. The Balaban J connectivity index is 1.58. The smallest absolute Gasteiger partial charge is 0.225 e. The number of hydrogen-bond acceptors (Lipinski definition) is 3. The molecule has 5 nitrogen and oxygen atoms in total. The second kappa shape index (κ2) is 9.99. The van der Waals surface area contributed by atoms with Gasteiger partial charge in [-0.3, -0.25) is 4.79 Å². The molecule has 3 aromatic rings. The zero-order valence-corrected chi connectivity index (χ0v) is 19.5. The number of benzene rings is 2. The fourth-order valence-electron chi connectivity index (χ4n) is 3.55. The van der Waals surface area contributed by atoms with E-state index in [1.54, 1.807) is 0 Å². The van der Waals surface area contributed by atoms with Crippen molar-refractivity contribution in [3.63, 3.8) is 0 Å². The number of hydrogen-bond donors (Lipinski definition) is 1. The van der Waals surface area contributed by atoms with Crippen molar-refractivity contribution in [1.82, 2.24) is 14.9 Å². The molecule has 1 heterocycles. The lowest BCUT2D eigenvalue weighted by Gasteiger charge is -2.17. The highest BCUT2D eigenvalue weighted by Crippen LogP contribution is 2.21. The van der Waals surface area contributed by atoms with Crippen LogP contribution in [0.1, 0.15) is 50.6 Å². The van der Waals surface area contributed by atoms with Crippen LogP contribution < -0.4 is 10.1 Å². The van der Waals surface area contributed by atoms with Crippen LogP contribution in [0.15, 0.2) is 42.5 Å². The highest BCUT2D eigenvalue weighted by Gasteiger charge is 2.20. The lowest BCUT2D eigenvalue weighted by molar-refractivity contribution is -0.128. The number of para-hydroxylation sites is 2. The zero-order valence-electron chi connectivity index (χ0n) is 19.5. The summed E-state index contributed by atoms with van der Waals surface area (Å²) < 4.78 is 8.29. The number of fused-ring (bicyclic) bond motifs is 1. The number of nitrogens with zero attached hydrogens (tertiary/aromatic N) is 2. The maximum atomic E-state index is 12.2. The summed E-state index contributed by atoms with van der Waals surface area (Å²) in [5.74, 6) is 2.06. The van der Waals surface area contributed by atoms with Gasteiger partial charge in [-0.1, -0.05) is 45.0 Å². The molecule has 0 saturated carbocycles. The molecule has 0 saturated heterocycles. The molecular weight excluding hydrogens is 386 g/mol.